The fourth-order valence-electron chi connectivity index (χ4n) is 3.86. The highest BCUT2D eigenvalue weighted by Gasteiger charge is 2.36. The Bertz CT molecular complexity index is 231. The van der Waals surface area contributed by atoms with Crippen molar-refractivity contribution in [1.82, 2.24) is 10.2 Å². The molecule has 2 heteroatoms. The van der Waals surface area contributed by atoms with Crippen LogP contribution in [0.5, 0.6) is 0 Å². The molecule has 2 nitrogen and oxygen atoms in total. The lowest BCUT2D eigenvalue weighted by Gasteiger charge is -2.43. The largest absolute Gasteiger partial charge is 0.311 e. The van der Waals surface area contributed by atoms with Gasteiger partial charge in [0.25, 0.3) is 0 Å². The molecule has 0 aliphatic carbocycles. The highest BCUT2D eigenvalue weighted by atomic mass is 15.2. The molecule has 0 bridgehead atoms. The Balaban J connectivity index is 1.99. The average molecular weight is 238 g/mol. The van der Waals surface area contributed by atoms with E-state index in [2.05, 4.69) is 31.0 Å². The van der Waals surface area contributed by atoms with Gasteiger partial charge >= 0.3 is 0 Å². The van der Waals surface area contributed by atoms with E-state index in [-0.39, 0.29) is 0 Å². The van der Waals surface area contributed by atoms with E-state index in [1.54, 1.807) is 0 Å². The topological polar surface area (TPSA) is 15.3 Å². The van der Waals surface area contributed by atoms with Crippen LogP contribution in [0.2, 0.25) is 0 Å². The molecule has 2 aliphatic rings. The maximum atomic E-state index is 3.80. The summed E-state index contributed by atoms with van der Waals surface area (Å²) in [5, 5.41) is 3.80. The highest BCUT2D eigenvalue weighted by molar-refractivity contribution is 4.96. The van der Waals surface area contributed by atoms with Crippen molar-refractivity contribution in [2.45, 2.75) is 83.3 Å². The van der Waals surface area contributed by atoms with Gasteiger partial charge in [-0.15, -0.1) is 0 Å². The minimum atomic E-state index is 0.467. The molecule has 1 N–H and O–H groups in total. The Hall–Kier alpha value is -0.0800. The Morgan fingerprint density at radius 1 is 1.29 bits per heavy atom. The molecule has 2 fully saturated rings. The third-order valence-electron chi connectivity index (χ3n) is 4.97. The second-order valence-electron chi connectivity index (χ2n) is 6.35. The summed E-state index contributed by atoms with van der Waals surface area (Å²) in [6.07, 6.45) is 9.71. The molecule has 17 heavy (non-hydrogen) atoms. The molecule has 0 spiro atoms. The standard InChI is InChI=1S/C15H30N2/c1-4-15(9-7-10-16-15)12-14-8-5-6-11-17(14)13(2)3/h13-14,16H,4-12H2,1-3H3. The van der Waals surface area contributed by atoms with Crippen LogP contribution >= 0.6 is 0 Å². The third-order valence-corrected chi connectivity index (χ3v) is 4.97. The molecule has 0 radical (unpaired) electrons. The predicted molar refractivity (Wildman–Crippen MR) is 74.4 cm³/mol. The first-order chi connectivity index (χ1) is 8.17. The smallest absolute Gasteiger partial charge is 0.0194 e. The second-order valence-corrected chi connectivity index (χ2v) is 6.35. The molecule has 2 saturated heterocycles. The lowest BCUT2D eigenvalue weighted by Crippen LogP contribution is -2.50. The van der Waals surface area contributed by atoms with Gasteiger partial charge < -0.3 is 5.32 Å². The third kappa shape index (κ3) is 3.03. The summed E-state index contributed by atoms with van der Waals surface area (Å²) in [6.45, 7) is 9.64. The van der Waals surface area contributed by atoms with Crippen LogP contribution < -0.4 is 5.32 Å². The van der Waals surface area contributed by atoms with Crippen molar-refractivity contribution in [2.75, 3.05) is 13.1 Å². The zero-order valence-electron chi connectivity index (χ0n) is 12.0. The first kappa shape index (κ1) is 13.4. The highest BCUT2D eigenvalue weighted by Crippen LogP contribution is 2.33. The molecular formula is C15H30N2. The summed E-state index contributed by atoms with van der Waals surface area (Å²) in [7, 11) is 0. The Labute approximate surface area is 107 Å². The molecule has 0 amide bonds. The summed E-state index contributed by atoms with van der Waals surface area (Å²) in [5.41, 5.74) is 0.467. The molecule has 2 rings (SSSR count). The van der Waals surface area contributed by atoms with E-state index in [1.807, 2.05) is 0 Å². The fourth-order valence-corrected chi connectivity index (χ4v) is 3.86. The quantitative estimate of drug-likeness (QED) is 0.809. The van der Waals surface area contributed by atoms with Gasteiger partial charge in [-0.1, -0.05) is 13.3 Å². The molecule has 2 heterocycles. The molecule has 0 aromatic heterocycles. The average Bonchev–Trinajstić information content (AvgIpc) is 2.79. The number of hydrogen-bond acceptors (Lipinski definition) is 2. The van der Waals surface area contributed by atoms with Crippen LogP contribution in [0.15, 0.2) is 0 Å². The molecular weight excluding hydrogens is 208 g/mol. The van der Waals surface area contributed by atoms with E-state index in [9.17, 15) is 0 Å². The molecule has 2 unspecified atom stereocenters. The normalized spacial score (nSPS) is 35.6. The van der Waals surface area contributed by atoms with E-state index in [0.29, 0.717) is 5.54 Å². The van der Waals surface area contributed by atoms with E-state index in [0.717, 1.165) is 12.1 Å². The minimum absolute atomic E-state index is 0.467. The summed E-state index contributed by atoms with van der Waals surface area (Å²) in [6, 6.07) is 1.55. The molecule has 100 valence electrons. The SMILES string of the molecule is CCC1(CC2CCCCN2C(C)C)CCCN1. The van der Waals surface area contributed by atoms with Gasteiger partial charge in [-0.3, -0.25) is 4.90 Å². The van der Waals surface area contributed by atoms with Crippen LogP contribution in [0.25, 0.3) is 0 Å². The van der Waals surface area contributed by atoms with Crippen molar-refractivity contribution in [3.63, 3.8) is 0 Å². The van der Waals surface area contributed by atoms with Gasteiger partial charge in [-0.2, -0.15) is 0 Å². The molecule has 0 aromatic carbocycles. The van der Waals surface area contributed by atoms with Crippen LogP contribution in [0.1, 0.15) is 65.7 Å². The van der Waals surface area contributed by atoms with Crippen molar-refractivity contribution < 1.29 is 0 Å². The number of piperidine rings is 1. The van der Waals surface area contributed by atoms with Gasteiger partial charge in [0.1, 0.15) is 0 Å². The monoisotopic (exact) mass is 238 g/mol. The summed E-state index contributed by atoms with van der Waals surface area (Å²) < 4.78 is 0. The van der Waals surface area contributed by atoms with Crippen LogP contribution in [-0.4, -0.2) is 35.6 Å². The van der Waals surface area contributed by atoms with E-state index in [4.69, 9.17) is 0 Å². The summed E-state index contributed by atoms with van der Waals surface area (Å²) in [4.78, 5) is 2.75. The molecule has 0 saturated carbocycles. The summed E-state index contributed by atoms with van der Waals surface area (Å²) >= 11 is 0. The van der Waals surface area contributed by atoms with Gasteiger partial charge in [-0.05, 0) is 65.5 Å². The maximum Gasteiger partial charge on any atom is 0.0194 e. The number of hydrogen-bond donors (Lipinski definition) is 1. The Morgan fingerprint density at radius 3 is 2.71 bits per heavy atom. The van der Waals surface area contributed by atoms with E-state index < -0.39 is 0 Å². The zero-order valence-corrected chi connectivity index (χ0v) is 12.0. The first-order valence-electron chi connectivity index (χ1n) is 7.68. The van der Waals surface area contributed by atoms with Crippen molar-refractivity contribution in [3.8, 4) is 0 Å². The van der Waals surface area contributed by atoms with E-state index >= 15 is 0 Å². The van der Waals surface area contributed by atoms with Crippen molar-refractivity contribution in [2.24, 2.45) is 0 Å². The second kappa shape index (κ2) is 5.71. The van der Waals surface area contributed by atoms with Crippen molar-refractivity contribution >= 4 is 0 Å². The van der Waals surface area contributed by atoms with Crippen LogP contribution in [0.4, 0.5) is 0 Å². The zero-order chi connectivity index (χ0) is 12.3. The van der Waals surface area contributed by atoms with Gasteiger partial charge in [-0.25, -0.2) is 0 Å². The number of nitrogens with one attached hydrogen (secondary N) is 1. The van der Waals surface area contributed by atoms with E-state index in [1.165, 1.54) is 58.0 Å². The Morgan fingerprint density at radius 2 is 2.12 bits per heavy atom. The summed E-state index contributed by atoms with van der Waals surface area (Å²) in [5.74, 6) is 0. The van der Waals surface area contributed by atoms with Gasteiger partial charge in [0, 0.05) is 17.6 Å². The predicted octanol–water partition coefficient (Wildman–Crippen LogP) is 3.17. The number of likely N-dealkylation sites (tertiary alicyclic amines) is 1. The Kier molecular flexibility index (Phi) is 4.48. The van der Waals surface area contributed by atoms with Crippen LogP contribution in [-0.2, 0) is 0 Å². The van der Waals surface area contributed by atoms with Crippen molar-refractivity contribution in [3.05, 3.63) is 0 Å². The minimum Gasteiger partial charge on any atom is -0.311 e. The van der Waals surface area contributed by atoms with Gasteiger partial charge in [0.05, 0.1) is 0 Å². The lowest BCUT2D eigenvalue weighted by atomic mass is 9.83. The number of rotatable bonds is 4. The van der Waals surface area contributed by atoms with Gasteiger partial charge in [0.2, 0.25) is 0 Å². The maximum absolute atomic E-state index is 3.80. The molecule has 2 atom stereocenters. The van der Waals surface area contributed by atoms with Crippen LogP contribution in [0.3, 0.4) is 0 Å². The molecule has 2 aliphatic heterocycles. The fraction of sp³-hybridized carbons (Fsp3) is 1.00. The van der Waals surface area contributed by atoms with Crippen LogP contribution in [0, 0.1) is 0 Å². The van der Waals surface area contributed by atoms with Crippen molar-refractivity contribution in [1.29, 1.82) is 0 Å². The lowest BCUT2D eigenvalue weighted by molar-refractivity contribution is 0.0819. The van der Waals surface area contributed by atoms with Gasteiger partial charge in [0.15, 0.2) is 0 Å². The first-order valence-corrected chi connectivity index (χ1v) is 7.68. The molecule has 0 aromatic rings. The number of nitrogens with zero attached hydrogens (tertiary/aromatic N) is 1.